The lowest BCUT2D eigenvalue weighted by Crippen LogP contribution is -2.26. The highest BCUT2D eigenvalue weighted by molar-refractivity contribution is 5.92. The van der Waals surface area contributed by atoms with Crippen LogP contribution >= 0.6 is 0 Å². The zero-order valence-corrected chi connectivity index (χ0v) is 13.6. The Hall–Kier alpha value is -3.35. The molecule has 0 radical (unpaired) electrons. The third-order valence-electron chi connectivity index (χ3n) is 3.56. The lowest BCUT2D eigenvalue weighted by atomic mass is 10.1. The number of furan rings is 1. The molecule has 0 aliphatic carbocycles. The quantitative estimate of drug-likeness (QED) is 0.715. The van der Waals surface area contributed by atoms with Gasteiger partial charge in [-0.3, -0.25) is 9.59 Å². The molecule has 2 heterocycles. The smallest absolute Gasteiger partial charge is 0.270 e. The second-order valence-electron chi connectivity index (χ2n) is 5.36. The van der Waals surface area contributed by atoms with Crippen molar-refractivity contribution in [3.8, 4) is 5.75 Å². The summed E-state index contributed by atoms with van der Waals surface area (Å²) in [7, 11) is 1.60. The molecule has 0 spiro atoms. The molecule has 3 aromatic rings. The van der Waals surface area contributed by atoms with Crippen LogP contribution in [0.4, 0.5) is 0 Å². The summed E-state index contributed by atoms with van der Waals surface area (Å²) in [6, 6.07) is 12.1. The molecule has 1 amide bonds. The Morgan fingerprint density at radius 2 is 2.08 bits per heavy atom. The van der Waals surface area contributed by atoms with Gasteiger partial charge in [-0.05, 0) is 29.8 Å². The van der Waals surface area contributed by atoms with Crippen LogP contribution in [-0.2, 0) is 13.0 Å². The minimum absolute atomic E-state index is 0.0683. The summed E-state index contributed by atoms with van der Waals surface area (Å²) in [5, 5.41) is 2.67. The van der Waals surface area contributed by atoms with Gasteiger partial charge in [-0.25, -0.2) is 4.98 Å². The Bertz CT molecular complexity index is 899. The van der Waals surface area contributed by atoms with Crippen LogP contribution in [-0.4, -0.2) is 23.0 Å². The van der Waals surface area contributed by atoms with Crippen molar-refractivity contribution < 1.29 is 13.9 Å². The number of rotatable bonds is 6. The van der Waals surface area contributed by atoms with Crippen molar-refractivity contribution in [2.45, 2.75) is 13.0 Å². The predicted molar refractivity (Wildman–Crippen MR) is 90.5 cm³/mol. The molecule has 7 heteroatoms. The van der Waals surface area contributed by atoms with Crippen molar-refractivity contribution in [2.24, 2.45) is 0 Å². The fraction of sp³-hybridized carbons (Fsp3) is 0.167. The number of nitrogens with zero attached hydrogens (tertiary/aromatic N) is 1. The van der Waals surface area contributed by atoms with Gasteiger partial charge in [0, 0.05) is 12.5 Å². The summed E-state index contributed by atoms with van der Waals surface area (Å²) in [5.41, 5.74) is 0.637. The summed E-state index contributed by atoms with van der Waals surface area (Å²) in [4.78, 5) is 30.9. The van der Waals surface area contributed by atoms with E-state index in [0.29, 0.717) is 18.0 Å². The first kappa shape index (κ1) is 16.5. The minimum Gasteiger partial charge on any atom is -0.497 e. The van der Waals surface area contributed by atoms with Crippen LogP contribution in [0.5, 0.6) is 5.75 Å². The number of hydrogen-bond donors (Lipinski definition) is 2. The van der Waals surface area contributed by atoms with Gasteiger partial charge in [-0.15, -0.1) is 0 Å². The SMILES string of the molecule is COc1ccc(Cc2nc(C(=O)NCc3ccco3)cc(=O)[nH]2)cc1. The van der Waals surface area contributed by atoms with E-state index in [1.165, 1.54) is 12.3 Å². The van der Waals surface area contributed by atoms with Gasteiger partial charge in [0.25, 0.3) is 11.5 Å². The standard InChI is InChI=1S/C18H17N3O4/c1-24-13-6-4-12(5-7-13)9-16-20-15(10-17(22)21-16)18(23)19-11-14-3-2-8-25-14/h2-8,10H,9,11H2,1H3,(H,19,23)(H,20,21,22). The van der Waals surface area contributed by atoms with Gasteiger partial charge >= 0.3 is 0 Å². The van der Waals surface area contributed by atoms with E-state index < -0.39 is 5.91 Å². The summed E-state index contributed by atoms with van der Waals surface area (Å²) in [6.07, 6.45) is 1.93. The van der Waals surface area contributed by atoms with E-state index in [2.05, 4.69) is 15.3 Å². The maximum atomic E-state index is 12.2. The van der Waals surface area contributed by atoms with Crippen LogP contribution in [0.2, 0.25) is 0 Å². The number of methoxy groups -OCH3 is 1. The molecule has 7 nitrogen and oxygen atoms in total. The molecule has 0 aliphatic rings. The number of aromatic amines is 1. The van der Waals surface area contributed by atoms with E-state index in [9.17, 15) is 9.59 Å². The lowest BCUT2D eigenvalue weighted by molar-refractivity contribution is 0.0942. The van der Waals surface area contributed by atoms with E-state index >= 15 is 0 Å². The summed E-state index contributed by atoms with van der Waals surface area (Å²) >= 11 is 0. The number of carbonyl (C=O) groups excluding carboxylic acids is 1. The first-order chi connectivity index (χ1) is 12.1. The van der Waals surface area contributed by atoms with Crippen LogP contribution in [0.3, 0.4) is 0 Å². The number of nitrogens with one attached hydrogen (secondary N) is 2. The largest absolute Gasteiger partial charge is 0.497 e. The zero-order valence-electron chi connectivity index (χ0n) is 13.6. The van der Waals surface area contributed by atoms with Crippen molar-refractivity contribution in [1.29, 1.82) is 0 Å². The number of amides is 1. The molecule has 2 N–H and O–H groups in total. The maximum absolute atomic E-state index is 12.2. The highest BCUT2D eigenvalue weighted by Gasteiger charge is 2.11. The van der Waals surface area contributed by atoms with E-state index in [4.69, 9.17) is 9.15 Å². The molecule has 3 rings (SSSR count). The normalized spacial score (nSPS) is 10.4. The zero-order chi connectivity index (χ0) is 17.6. The van der Waals surface area contributed by atoms with Crippen LogP contribution in [0.1, 0.15) is 27.6 Å². The maximum Gasteiger partial charge on any atom is 0.270 e. The molecule has 0 bridgehead atoms. The highest BCUT2D eigenvalue weighted by Crippen LogP contribution is 2.13. The molecular formula is C18H17N3O4. The molecule has 0 fully saturated rings. The molecule has 1 aromatic carbocycles. The third kappa shape index (κ3) is 4.35. The van der Waals surface area contributed by atoms with Crippen LogP contribution < -0.4 is 15.6 Å². The van der Waals surface area contributed by atoms with Gasteiger partial charge in [0.15, 0.2) is 0 Å². The van der Waals surface area contributed by atoms with Gasteiger partial charge < -0.3 is 19.5 Å². The molecule has 2 aromatic heterocycles. The Balaban J connectivity index is 1.72. The summed E-state index contributed by atoms with van der Waals surface area (Å²) < 4.78 is 10.3. The van der Waals surface area contributed by atoms with E-state index in [0.717, 1.165) is 11.3 Å². The van der Waals surface area contributed by atoms with E-state index in [-0.39, 0.29) is 17.8 Å². The second-order valence-corrected chi connectivity index (χ2v) is 5.36. The average Bonchev–Trinajstić information content (AvgIpc) is 3.13. The molecule has 0 unspecified atom stereocenters. The highest BCUT2D eigenvalue weighted by atomic mass is 16.5. The van der Waals surface area contributed by atoms with Gasteiger partial charge in [-0.1, -0.05) is 12.1 Å². The molecule has 128 valence electrons. The van der Waals surface area contributed by atoms with Crippen molar-refractivity contribution >= 4 is 5.91 Å². The van der Waals surface area contributed by atoms with Crippen molar-refractivity contribution in [2.75, 3.05) is 7.11 Å². The Kier molecular flexibility index (Phi) is 4.94. The van der Waals surface area contributed by atoms with E-state index in [1.807, 2.05) is 24.3 Å². The van der Waals surface area contributed by atoms with Gasteiger partial charge in [0.1, 0.15) is 23.0 Å². The van der Waals surface area contributed by atoms with Crippen LogP contribution in [0.25, 0.3) is 0 Å². The van der Waals surface area contributed by atoms with E-state index in [1.54, 1.807) is 19.2 Å². The van der Waals surface area contributed by atoms with Gasteiger partial charge in [-0.2, -0.15) is 0 Å². The Morgan fingerprint density at radius 1 is 1.28 bits per heavy atom. The number of aromatic nitrogens is 2. The number of carbonyl (C=O) groups is 1. The van der Waals surface area contributed by atoms with Crippen molar-refractivity contribution in [1.82, 2.24) is 15.3 Å². The second kappa shape index (κ2) is 7.48. The topological polar surface area (TPSA) is 97.2 Å². The molecular weight excluding hydrogens is 322 g/mol. The number of hydrogen-bond acceptors (Lipinski definition) is 5. The first-order valence-electron chi connectivity index (χ1n) is 7.68. The monoisotopic (exact) mass is 339 g/mol. The summed E-state index contributed by atoms with van der Waals surface area (Å²) in [5.74, 6) is 1.35. The Morgan fingerprint density at radius 3 is 2.76 bits per heavy atom. The van der Waals surface area contributed by atoms with Crippen LogP contribution in [0, 0.1) is 0 Å². The van der Waals surface area contributed by atoms with Gasteiger partial charge in [0.05, 0.1) is 19.9 Å². The van der Waals surface area contributed by atoms with Crippen LogP contribution in [0.15, 0.2) is 57.9 Å². The first-order valence-corrected chi connectivity index (χ1v) is 7.68. The fourth-order valence-corrected chi connectivity index (χ4v) is 2.32. The van der Waals surface area contributed by atoms with Crippen molar-refractivity contribution in [3.63, 3.8) is 0 Å². The average molecular weight is 339 g/mol. The molecule has 0 aliphatic heterocycles. The number of ether oxygens (including phenoxy) is 1. The van der Waals surface area contributed by atoms with Gasteiger partial charge in [0.2, 0.25) is 0 Å². The fourth-order valence-electron chi connectivity index (χ4n) is 2.32. The van der Waals surface area contributed by atoms with Crippen molar-refractivity contribution in [3.05, 3.63) is 81.9 Å². The molecule has 0 saturated heterocycles. The Labute approximate surface area is 143 Å². The minimum atomic E-state index is -0.432. The number of H-pyrrole nitrogens is 1. The predicted octanol–water partition coefficient (Wildman–Crippen LogP) is 1.89. The number of benzene rings is 1. The molecule has 0 atom stereocenters. The lowest BCUT2D eigenvalue weighted by Gasteiger charge is -2.06. The molecule has 0 saturated carbocycles. The third-order valence-corrected chi connectivity index (χ3v) is 3.56. The summed E-state index contributed by atoms with van der Waals surface area (Å²) in [6.45, 7) is 0.230. The molecule has 25 heavy (non-hydrogen) atoms.